The predicted molar refractivity (Wildman–Crippen MR) is 72.8 cm³/mol. The summed E-state index contributed by atoms with van der Waals surface area (Å²) in [5.41, 5.74) is 1.64. The smallest absolute Gasteiger partial charge is 0.313 e. The van der Waals surface area contributed by atoms with Crippen molar-refractivity contribution >= 4 is 5.97 Å². The zero-order valence-corrected chi connectivity index (χ0v) is 11.7. The summed E-state index contributed by atoms with van der Waals surface area (Å²) in [5.74, 6) is 1.29. The molecule has 2 fully saturated rings. The zero-order chi connectivity index (χ0) is 13.3. The van der Waals surface area contributed by atoms with Crippen LogP contribution in [0.2, 0.25) is 0 Å². The molecule has 0 aromatic rings. The number of ether oxygens (including phenoxy) is 1. The summed E-state index contributed by atoms with van der Waals surface area (Å²) in [6.45, 7) is 10.3. The number of carbonyl (C=O) groups is 1. The van der Waals surface area contributed by atoms with Crippen LogP contribution < -0.4 is 0 Å². The highest BCUT2D eigenvalue weighted by molar-refractivity contribution is 5.72. The molecule has 2 nitrogen and oxygen atoms in total. The molecule has 0 N–H and O–H groups in total. The van der Waals surface area contributed by atoms with Gasteiger partial charge in [-0.25, -0.2) is 0 Å². The van der Waals surface area contributed by atoms with E-state index >= 15 is 0 Å². The molecule has 100 valence electrons. The van der Waals surface area contributed by atoms with Crippen molar-refractivity contribution in [2.45, 2.75) is 46.5 Å². The maximum Gasteiger partial charge on any atom is 0.313 e. The van der Waals surface area contributed by atoms with Gasteiger partial charge in [0.15, 0.2) is 0 Å². The van der Waals surface area contributed by atoms with Gasteiger partial charge in [0.05, 0.1) is 12.2 Å². The Morgan fingerprint density at radius 2 is 2.28 bits per heavy atom. The zero-order valence-electron chi connectivity index (χ0n) is 11.7. The van der Waals surface area contributed by atoms with Gasteiger partial charge in [0, 0.05) is 0 Å². The Kier molecular flexibility index (Phi) is 3.65. The third-order valence-corrected chi connectivity index (χ3v) is 4.85. The summed E-state index contributed by atoms with van der Waals surface area (Å²) < 4.78 is 5.07. The molecule has 0 heterocycles. The van der Waals surface area contributed by atoms with Crippen LogP contribution in [0.15, 0.2) is 24.5 Å². The van der Waals surface area contributed by atoms with E-state index in [-0.39, 0.29) is 17.3 Å². The Hall–Kier alpha value is -1.05. The van der Waals surface area contributed by atoms with E-state index in [0.29, 0.717) is 0 Å². The predicted octanol–water partition coefficient (Wildman–Crippen LogP) is 4.08. The van der Waals surface area contributed by atoms with Crippen LogP contribution in [0, 0.1) is 23.2 Å². The first-order valence-electron chi connectivity index (χ1n) is 7.00. The number of carbonyl (C=O) groups excluding carboxylic acids is 1. The number of hydrogen-bond acceptors (Lipinski definition) is 2. The normalized spacial score (nSPS) is 34.8. The fourth-order valence-electron chi connectivity index (χ4n) is 3.45. The topological polar surface area (TPSA) is 26.3 Å². The van der Waals surface area contributed by atoms with Crippen LogP contribution in [0.25, 0.3) is 0 Å². The van der Waals surface area contributed by atoms with Crippen molar-refractivity contribution in [2.75, 3.05) is 0 Å². The van der Waals surface area contributed by atoms with Gasteiger partial charge in [0.1, 0.15) is 0 Å². The molecule has 2 aliphatic rings. The average Bonchev–Trinajstić information content (AvgIpc) is 2.89. The summed E-state index contributed by atoms with van der Waals surface area (Å²) in [6.07, 6.45) is 8.47. The Bertz CT molecular complexity index is 381. The summed E-state index contributed by atoms with van der Waals surface area (Å²) in [7, 11) is 0. The third-order valence-electron chi connectivity index (χ3n) is 4.85. The molecule has 0 amide bonds. The molecule has 3 unspecified atom stereocenters. The lowest BCUT2D eigenvalue weighted by Gasteiger charge is -2.35. The van der Waals surface area contributed by atoms with E-state index in [1.54, 1.807) is 6.26 Å². The minimum atomic E-state index is -0.164. The molecule has 0 aromatic carbocycles. The third kappa shape index (κ3) is 2.25. The second-order valence-electron chi connectivity index (χ2n) is 6.32. The SMILES string of the molecule is C=C1C2CCC(C2)C1(C)C/C=C/OC(=O)C(C)C. The highest BCUT2D eigenvalue weighted by atomic mass is 16.5. The first-order valence-corrected chi connectivity index (χ1v) is 7.00. The molecule has 0 aliphatic heterocycles. The van der Waals surface area contributed by atoms with Crippen LogP contribution in [0.5, 0.6) is 0 Å². The molecule has 18 heavy (non-hydrogen) atoms. The van der Waals surface area contributed by atoms with Crippen LogP contribution in [0.1, 0.15) is 46.5 Å². The minimum Gasteiger partial charge on any atom is -0.435 e. The van der Waals surface area contributed by atoms with Crippen molar-refractivity contribution < 1.29 is 9.53 Å². The van der Waals surface area contributed by atoms with Crippen LogP contribution >= 0.6 is 0 Å². The van der Waals surface area contributed by atoms with E-state index in [2.05, 4.69) is 13.5 Å². The maximum atomic E-state index is 11.3. The Balaban J connectivity index is 1.88. The van der Waals surface area contributed by atoms with Crippen molar-refractivity contribution in [3.05, 3.63) is 24.5 Å². The number of allylic oxidation sites excluding steroid dienone is 2. The van der Waals surface area contributed by atoms with Gasteiger partial charge >= 0.3 is 5.97 Å². The van der Waals surface area contributed by atoms with Crippen molar-refractivity contribution in [1.82, 2.24) is 0 Å². The summed E-state index contributed by atoms with van der Waals surface area (Å²) in [4.78, 5) is 11.3. The van der Waals surface area contributed by atoms with Gasteiger partial charge in [-0.2, -0.15) is 0 Å². The number of hydrogen-bond donors (Lipinski definition) is 0. The van der Waals surface area contributed by atoms with Crippen LogP contribution in [0.3, 0.4) is 0 Å². The highest BCUT2D eigenvalue weighted by Crippen LogP contribution is 2.60. The largest absolute Gasteiger partial charge is 0.435 e. The van der Waals surface area contributed by atoms with Gasteiger partial charge < -0.3 is 4.74 Å². The molecular formula is C16H24O2. The average molecular weight is 248 g/mol. The monoisotopic (exact) mass is 248 g/mol. The van der Waals surface area contributed by atoms with Crippen molar-refractivity contribution in [3.8, 4) is 0 Å². The van der Waals surface area contributed by atoms with E-state index in [4.69, 9.17) is 4.74 Å². The molecule has 0 saturated heterocycles. The van der Waals surface area contributed by atoms with Crippen LogP contribution in [-0.4, -0.2) is 5.97 Å². The second kappa shape index (κ2) is 4.91. The van der Waals surface area contributed by atoms with E-state index in [9.17, 15) is 4.79 Å². The van der Waals surface area contributed by atoms with Crippen molar-refractivity contribution in [3.63, 3.8) is 0 Å². The summed E-state index contributed by atoms with van der Waals surface area (Å²) in [6, 6.07) is 0. The van der Waals surface area contributed by atoms with Gasteiger partial charge in [-0.1, -0.05) is 32.9 Å². The maximum absolute atomic E-state index is 11.3. The summed E-state index contributed by atoms with van der Waals surface area (Å²) >= 11 is 0. The molecule has 2 heteroatoms. The second-order valence-corrected chi connectivity index (χ2v) is 6.32. The van der Waals surface area contributed by atoms with Crippen molar-refractivity contribution in [2.24, 2.45) is 23.2 Å². The fraction of sp³-hybridized carbons (Fsp3) is 0.688. The number of rotatable bonds is 4. The lowest BCUT2D eigenvalue weighted by molar-refractivity contribution is -0.141. The van der Waals surface area contributed by atoms with E-state index < -0.39 is 0 Å². The van der Waals surface area contributed by atoms with Gasteiger partial charge in [-0.15, -0.1) is 0 Å². The molecule has 0 spiro atoms. The molecular weight excluding hydrogens is 224 g/mol. The number of fused-ring (bicyclic) bond motifs is 2. The molecule has 2 rings (SSSR count). The summed E-state index contributed by atoms with van der Waals surface area (Å²) in [5, 5.41) is 0. The van der Waals surface area contributed by atoms with E-state index in [1.807, 2.05) is 19.9 Å². The quantitative estimate of drug-likeness (QED) is 0.425. The van der Waals surface area contributed by atoms with Gasteiger partial charge in [0.2, 0.25) is 0 Å². The molecule has 2 bridgehead atoms. The van der Waals surface area contributed by atoms with Crippen LogP contribution in [-0.2, 0) is 9.53 Å². The van der Waals surface area contributed by atoms with Crippen molar-refractivity contribution in [1.29, 1.82) is 0 Å². The number of esters is 1. The van der Waals surface area contributed by atoms with E-state index in [0.717, 1.165) is 18.3 Å². The Labute approximate surface area is 110 Å². The highest BCUT2D eigenvalue weighted by Gasteiger charge is 2.49. The van der Waals surface area contributed by atoms with Crippen LogP contribution in [0.4, 0.5) is 0 Å². The lowest BCUT2D eigenvalue weighted by Crippen LogP contribution is -2.25. The molecule has 0 aromatic heterocycles. The fourth-order valence-corrected chi connectivity index (χ4v) is 3.45. The molecule has 2 aliphatic carbocycles. The van der Waals surface area contributed by atoms with Gasteiger partial charge in [-0.05, 0) is 49.0 Å². The van der Waals surface area contributed by atoms with E-state index in [1.165, 1.54) is 24.8 Å². The standard InChI is InChI=1S/C16H24O2/c1-11(2)15(17)18-9-5-8-16(4)12(3)13-6-7-14(16)10-13/h5,9,11,13-14H,3,6-8,10H2,1-2,4H3/b9-5+. The molecule has 2 saturated carbocycles. The Morgan fingerprint density at radius 3 is 2.83 bits per heavy atom. The van der Waals surface area contributed by atoms with Gasteiger partial charge in [0.25, 0.3) is 0 Å². The molecule has 3 atom stereocenters. The van der Waals surface area contributed by atoms with Gasteiger partial charge in [-0.3, -0.25) is 4.79 Å². The Morgan fingerprint density at radius 1 is 1.56 bits per heavy atom. The lowest BCUT2D eigenvalue weighted by atomic mass is 9.70. The first kappa shape index (κ1) is 13.4. The minimum absolute atomic E-state index is 0.0669. The molecule has 0 radical (unpaired) electrons. The first-order chi connectivity index (χ1) is 8.45.